The normalized spacial score (nSPS) is 18.2. The van der Waals surface area contributed by atoms with Crippen molar-refractivity contribution in [3.63, 3.8) is 0 Å². The van der Waals surface area contributed by atoms with Crippen LogP contribution in [-0.2, 0) is 10.0 Å². The summed E-state index contributed by atoms with van der Waals surface area (Å²) in [7, 11) is -3.66. The summed E-state index contributed by atoms with van der Waals surface area (Å²) in [5, 5.41) is 17.4. The molecule has 0 heterocycles. The van der Waals surface area contributed by atoms with Gasteiger partial charge in [-0.1, -0.05) is 0 Å². The summed E-state index contributed by atoms with van der Waals surface area (Å²) in [5.41, 5.74) is 0.231. The molecule has 1 aromatic carbocycles. The van der Waals surface area contributed by atoms with Crippen molar-refractivity contribution in [2.24, 2.45) is 5.14 Å². The lowest BCUT2D eigenvalue weighted by molar-refractivity contribution is 0.597. The quantitative estimate of drug-likeness (QED) is 0.867. The first-order valence-electron chi connectivity index (χ1n) is 5.78. The second kappa shape index (κ2) is 4.59. The maximum atomic E-state index is 11.1. The zero-order valence-corrected chi connectivity index (χ0v) is 10.7. The Morgan fingerprint density at radius 1 is 1.22 bits per heavy atom. The van der Waals surface area contributed by atoms with Crippen LogP contribution >= 0.6 is 0 Å². The number of primary sulfonamides is 1. The van der Waals surface area contributed by atoms with Crippen LogP contribution in [0.25, 0.3) is 0 Å². The van der Waals surface area contributed by atoms with Crippen molar-refractivity contribution in [1.82, 2.24) is 0 Å². The third-order valence-corrected chi connectivity index (χ3v) is 4.17. The molecule has 0 atom stereocenters. The topological polar surface area (TPSA) is 96.0 Å². The van der Waals surface area contributed by atoms with Crippen molar-refractivity contribution >= 4 is 15.7 Å². The van der Waals surface area contributed by atoms with E-state index >= 15 is 0 Å². The molecule has 0 saturated heterocycles. The highest BCUT2D eigenvalue weighted by Gasteiger charge is 2.33. The van der Waals surface area contributed by atoms with Gasteiger partial charge < -0.3 is 5.32 Å². The minimum absolute atomic E-state index is 0.0745. The number of rotatable bonds is 3. The zero-order valence-electron chi connectivity index (χ0n) is 9.89. The number of anilines is 1. The van der Waals surface area contributed by atoms with Gasteiger partial charge in [-0.25, -0.2) is 13.6 Å². The fourth-order valence-electron chi connectivity index (χ4n) is 2.25. The van der Waals surface area contributed by atoms with E-state index in [0.29, 0.717) is 0 Å². The molecule has 5 nitrogen and oxygen atoms in total. The Bertz CT molecular complexity index is 566. The van der Waals surface area contributed by atoms with E-state index in [2.05, 4.69) is 11.4 Å². The highest BCUT2D eigenvalue weighted by molar-refractivity contribution is 7.89. The molecule has 0 radical (unpaired) electrons. The number of hydrogen-bond donors (Lipinski definition) is 2. The molecule has 1 aliphatic carbocycles. The summed E-state index contributed by atoms with van der Waals surface area (Å²) in [4.78, 5) is 0.0745. The predicted molar refractivity (Wildman–Crippen MR) is 68.2 cm³/mol. The van der Waals surface area contributed by atoms with Crippen LogP contribution in [0.3, 0.4) is 0 Å². The van der Waals surface area contributed by atoms with Crippen molar-refractivity contribution in [2.75, 3.05) is 5.32 Å². The standard InChI is InChI=1S/C12H15N3O2S/c13-9-12(7-1-2-8-12)15-10-3-5-11(6-4-10)18(14,16)17/h3-6,15H,1-2,7-8H2,(H2,14,16,17). The summed E-state index contributed by atoms with van der Waals surface area (Å²) >= 11 is 0. The van der Waals surface area contributed by atoms with E-state index in [1.54, 1.807) is 12.1 Å². The molecule has 0 spiro atoms. The zero-order chi connectivity index (χ0) is 13.2. The SMILES string of the molecule is N#CC1(Nc2ccc(S(N)(=O)=O)cc2)CCCC1. The molecule has 0 aliphatic heterocycles. The Labute approximate surface area is 107 Å². The Morgan fingerprint density at radius 3 is 2.22 bits per heavy atom. The highest BCUT2D eigenvalue weighted by atomic mass is 32.2. The molecule has 3 N–H and O–H groups in total. The molecule has 0 aromatic heterocycles. The molecule has 18 heavy (non-hydrogen) atoms. The summed E-state index contributed by atoms with van der Waals surface area (Å²) in [6.45, 7) is 0. The van der Waals surface area contributed by atoms with E-state index < -0.39 is 15.6 Å². The Morgan fingerprint density at radius 2 is 1.78 bits per heavy atom. The molecule has 1 fully saturated rings. The fraction of sp³-hybridized carbons (Fsp3) is 0.417. The summed E-state index contributed by atoms with van der Waals surface area (Å²) < 4.78 is 22.2. The van der Waals surface area contributed by atoms with Crippen LogP contribution in [0.15, 0.2) is 29.2 Å². The average Bonchev–Trinajstić information content (AvgIpc) is 2.78. The Balaban J connectivity index is 2.19. The van der Waals surface area contributed by atoms with E-state index in [1.807, 2.05) is 0 Å². The van der Waals surface area contributed by atoms with Crippen molar-refractivity contribution in [2.45, 2.75) is 36.1 Å². The minimum atomic E-state index is -3.66. The molecule has 2 rings (SSSR count). The van der Waals surface area contributed by atoms with Gasteiger partial charge in [-0.15, -0.1) is 0 Å². The van der Waals surface area contributed by atoms with E-state index in [-0.39, 0.29) is 4.90 Å². The van der Waals surface area contributed by atoms with Crippen molar-refractivity contribution in [3.05, 3.63) is 24.3 Å². The van der Waals surface area contributed by atoms with Gasteiger partial charge in [0.1, 0.15) is 5.54 Å². The number of nitrogens with zero attached hydrogens (tertiary/aromatic N) is 1. The van der Waals surface area contributed by atoms with Crippen LogP contribution in [0.1, 0.15) is 25.7 Å². The first-order chi connectivity index (χ1) is 8.45. The molecule has 0 amide bonds. The van der Waals surface area contributed by atoms with Crippen molar-refractivity contribution in [1.29, 1.82) is 5.26 Å². The Hall–Kier alpha value is -1.58. The van der Waals surface area contributed by atoms with Crippen LogP contribution in [0.5, 0.6) is 0 Å². The van der Waals surface area contributed by atoms with E-state index in [4.69, 9.17) is 5.14 Å². The number of hydrogen-bond acceptors (Lipinski definition) is 4. The maximum absolute atomic E-state index is 11.1. The van der Waals surface area contributed by atoms with Gasteiger partial charge in [0.25, 0.3) is 0 Å². The molecule has 96 valence electrons. The second-order valence-electron chi connectivity index (χ2n) is 4.60. The summed E-state index contributed by atoms with van der Waals surface area (Å²) in [6.07, 6.45) is 3.71. The van der Waals surface area contributed by atoms with Crippen LogP contribution in [0.2, 0.25) is 0 Å². The second-order valence-corrected chi connectivity index (χ2v) is 6.16. The van der Waals surface area contributed by atoms with E-state index in [9.17, 15) is 13.7 Å². The average molecular weight is 265 g/mol. The summed E-state index contributed by atoms with van der Waals surface area (Å²) in [5.74, 6) is 0. The highest BCUT2D eigenvalue weighted by Crippen LogP contribution is 2.32. The van der Waals surface area contributed by atoms with Gasteiger partial charge in [0.2, 0.25) is 10.0 Å². The lowest BCUT2D eigenvalue weighted by atomic mass is 9.99. The van der Waals surface area contributed by atoms with Gasteiger partial charge >= 0.3 is 0 Å². The molecule has 1 aromatic rings. The van der Waals surface area contributed by atoms with E-state index in [0.717, 1.165) is 31.4 Å². The Kier molecular flexibility index (Phi) is 3.28. The van der Waals surface area contributed by atoms with Crippen LogP contribution in [-0.4, -0.2) is 14.0 Å². The third kappa shape index (κ3) is 2.63. The van der Waals surface area contributed by atoms with Crippen molar-refractivity contribution < 1.29 is 8.42 Å². The van der Waals surface area contributed by atoms with Gasteiger partial charge in [-0.05, 0) is 49.9 Å². The van der Waals surface area contributed by atoms with Gasteiger partial charge in [-0.3, -0.25) is 0 Å². The van der Waals surface area contributed by atoms with Crippen molar-refractivity contribution in [3.8, 4) is 6.07 Å². The van der Waals surface area contributed by atoms with Gasteiger partial charge in [0, 0.05) is 5.69 Å². The van der Waals surface area contributed by atoms with Crippen LogP contribution < -0.4 is 10.5 Å². The predicted octanol–water partition coefficient (Wildman–Crippen LogP) is 1.58. The smallest absolute Gasteiger partial charge is 0.238 e. The number of nitrogens with one attached hydrogen (secondary N) is 1. The number of nitriles is 1. The van der Waals surface area contributed by atoms with Gasteiger partial charge in [0.15, 0.2) is 0 Å². The number of benzene rings is 1. The largest absolute Gasteiger partial charge is 0.367 e. The lowest BCUT2D eigenvalue weighted by Gasteiger charge is -2.23. The third-order valence-electron chi connectivity index (χ3n) is 3.24. The van der Waals surface area contributed by atoms with Gasteiger partial charge in [0.05, 0.1) is 11.0 Å². The molecular weight excluding hydrogens is 250 g/mol. The van der Waals surface area contributed by atoms with Crippen LogP contribution in [0.4, 0.5) is 5.69 Å². The molecule has 0 unspecified atom stereocenters. The minimum Gasteiger partial charge on any atom is -0.367 e. The molecule has 0 bridgehead atoms. The monoisotopic (exact) mass is 265 g/mol. The first kappa shape index (κ1) is 12.9. The van der Waals surface area contributed by atoms with E-state index in [1.165, 1.54) is 12.1 Å². The summed E-state index contributed by atoms with van der Waals surface area (Å²) in [6, 6.07) is 8.47. The van der Waals surface area contributed by atoms with Crippen LogP contribution in [0, 0.1) is 11.3 Å². The molecule has 1 aliphatic rings. The fourth-order valence-corrected chi connectivity index (χ4v) is 2.76. The molecule has 6 heteroatoms. The number of nitrogens with two attached hydrogens (primary N) is 1. The first-order valence-corrected chi connectivity index (χ1v) is 7.32. The number of sulfonamides is 1. The van der Waals surface area contributed by atoms with Gasteiger partial charge in [-0.2, -0.15) is 5.26 Å². The molecule has 1 saturated carbocycles. The maximum Gasteiger partial charge on any atom is 0.238 e. The lowest BCUT2D eigenvalue weighted by Crippen LogP contribution is -2.32. The molecular formula is C12H15N3O2S.